The van der Waals surface area contributed by atoms with Gasteiger partial charge in [0, 0.05) is 12.6 Å². The third kappa shape index (κ3) is 6.16. The van der Waals surface area contributed by atoms with Crippen molar-refractivity contribution in [3.8, 4) is 0 Å². The Morgan fingerprint density at radius 1 is 1.33 bits per heavy atom. The van der Waals surface area contributed by atoms with Crippen molar-refractivity contribution in [3.63, 3.8) is 0 Å². The molecule has 90 valence electrons. The molecule has 0 radical (unpaired) electrons. The van der Waals surface area contributed by atoms with E-state index in [0.29, 0.717) is 0 Å². The molecule has 1 N–H and O–H groups in total. The average Bonchev–Trinajstić information content (AvgIpc) is 3.00. The summed E-state index contributed by atoms with van der Waals surface area (Å²) < 4.78 is 0. The largest absolute Gasteiger partial charge is 0.314 e. The molecular formula is C13H28N2. The van der Waals surface area contributed by atoms with Gasteiger partial charge >= 0.3 is 0 Å². The summed E-state index contributed by atoms with van der Waals surface area (Å²) >= 11 is 0. The van der Waals surface area contributed by atoms with Gasteiger partial charge in [-0.15, -0.1) is 0 Å². The quantitative estimate of drug-likeness (QED) is 0.632. The molecule has 1 atom stereocenters. The van der Waals surface area contributed by atoms with Crippen molar-refractivity contribution >= 4 is 0 Å². The topological polar surface area (TPSA) is 15.3 Å². The maximum absolute atomic E-state index is 3.54. The molecule has 0 spiro atoms. The minimum absolute atomic E-state index is 0.740. The highest BCUT2D eigenvalue weighted by Crippen LogP contribution is 2.29. The van der Waals surface area contributed by atoms with Crippen LogP contribution in [0, 0.1) is 5.92 Å². The second kappa shape index (κ2) is 7.24. The van der Waals surface area contributed by atoms with Crippen molar-refractivity contribution in [2.45, 2.75) is 52.0 Å². The Bertz CT molecular complexity index is 155. The lowest BCUT2D eigenvalue weighted by Crippen LogP contribution is -2.30. The van der Waals surface area contributed by atoms with Crippen LogP contribution in [0.2, 0.25) is 0 Å². The maximum atomic E-state index is 3.54. The van der Waals surface area contributed by atoms with Crippen LogP contribution in [-0.4, -0.2) is 37.6 Å². The van der Waals surface area contributed by atoms with Crippen LogP contribution >= 0.6 is 0 Å². The van der Waals surface area contributed by atoms with E-state index >= 15 is 0 Å². The first-order chi connectivity index (χ1) is 7.26. The zero-order valence-electron chi connectivity index (χ0n) is 10.8. The summed E-state index contributed by atoms with van der Waals surface area (Å²) in [7, 11) is 2.27. The third-order valence-electron chi connectivity index (χ3n) is 3.34. The van der Waals surface area contributed by atoms with Gasteiger partial charge in [-0.2, -0.15) is 0 Å². The van der Waals surface area contributed by atoms with Crippen LogP contribution in [0.4, 0.5) is 0 Å². The van der Waals surface area contributed by atoms with Crippen LogP contribution in [0.25, 0.3) is 0 Å². The Balaban J connectivity index is 1.97. The van der Waals surface area contributed by atoms with E-state index < -0.39 is 0 Å². The van der Waals surface area contributed by atoms with E-state index in [9.17, 15) is 0 Å². The Labute approximate surface area is 95.4 Å². The summed E-state index contributed by atoms with van der Waals surface area (Å²) in [6.45, 7) is 8.19. The number of rotatable bonds is 9. The minimum Gasteiger partial charge on any atom is -0.314 e. The standard InChI is InChI=1S/C13H28N2/c1-4-13(14-5-2)7-6-10-15(3)11-12-8-9-12/h12-14H,4-11H2,1-3H3. The van der Waals surface area contributed by atoms with E-state index in [1.165, 1.54) is 45.2 Å². The van der Waals surface area contributed by atoms with E-state index in [-0.39, 0.29) is 0 Å². The van der Waals surface area contributed by atoms with Crippen LogP contribution < -0.4 is 5.32 Å². The van der Waals surface area contributed by atoms with Gasteiger partial charge in [0.2, 0.25) is 0 Å². The molecule has 0 aliphatic heterocycles. The predicted molar refractivity (Wildman–Crippen MR) is 67.2 cm³/mol. The van der Waals surface area contributed by atoms with Gasteiger partial charge in [0.15, 0.2) is 0 Å². The summed E-state index contributed by atoms with van der Waals surface area (Å²) in [5.41, 5.74) is 0. The molecule has 1 rings (SSSR count). The fourth-order valence-electron chi connectivity index (χ4n) is 2.18. The summed E-state index contributed by atoms with van der Waals surface area (Å²) in [5.74, 6) is 1.03. The molecule has 2 heteroatoms. The first kappa shape index (κ1) is 13.0. The van der Waals surface area contributed by atoms with Crippen LogP contribution in [0.1, 0.15) is 46.0 Å². The van der Waals surface area contributed by atoms with Crippen molar-refractivity contribution in [1.29, 1.82) is 0 Å². The van der Waals surface area contributed by atoms with Crippen LogP contribution in [-0.2, 0) is 0 Å². The minimum atomic E-state index is 0.740. The zero-order valence-corrected chi connectivity index (χ0v) is 10.8. The molecule has 1 aliphatic carbocycles. The number of hydrogen-bond donors (Lipinski definition) is 1. The van der Waals surface area contributed by atoms with E-state index in [1.54, 1.807) is 0 Å². The highest BCUT2D eigenvalue weighted by atomic mass is 15.1. The number of nitrogens with zero attached hydrogens (tertiary/aromatic N) is 1. The molecule has 0 aromatic carbocycles. The van der Waals surface area contributed by atoms with Gasteiger partial charge in [-0.3, -0.25) is 0 Å². The fraction of sp³-hybridized carbons (Fsp3) is 1.00. The molecule has 1 fully saturated rings. The van der Waals surface area contributed by atoms with Crippen molar-refractivity contribution < 1.29 is 0 Å². The maximum Gasteiger partial charge on any atom is 0.00647 e. The van der Waals surface area contributed by atoms with E-state index in [2.05, 4.69) is 31.1 Å². The SMILES string of the molecule is CCNC(CC)CCCN(C)CC1CC1. The Hall–Kier alpha value is -0.0800. The monoisotopic (exact) mass is 212 g/mol. The second-order valence-corrected chi connectivity index (χ2v) is 5.01. The van der Waals surface area contributed by atoms with Crippen molar-refractivity contribution in [1.82, 2.24) is 10.2 Å². The third-order valence-corrected chi connectivity index (χ3v) is 3.34. The molecule has 15 heavy (non-hydrogen) atoms. The molecule has 0 bridgehead atoms. The van der Waals surface area contributed by atoms with Gasteiger partial charge in [-0.1, -0.05) is 13.8 Å². The van der Waals surface area contributed by atoms with E-state index in [4.69, 9.17) is 0 Å². The highest BCUT2D eigenvalue weighted by molar-refractivity contribution is 4.76. The summed E-state index contributed by atoms with van der Waals surface area (Å²) in [6, 6.07) is 0.740. The molecule has 0 amide bonds. The lowest BCUT2D eigenvalue weighted by atomic mass is 10.1. The summed E-state index contributed by atoms with van der Waals surface area (Å²) in [4.78, 5) is 2.51. The number of nitrogens with one attached hydrogen (secondary N) is 1. The average molecular weight is 212 g/mol. The molecule has 2 nitrogen and oxygen atoms in total. The second-order valence-electron chi connectivity index (χ2n) is 5.01. The van der Waals surface area contributed by atoms with Gasteiger partial charge in [0.25, 0.3) is 0 Å². The van der Waals surface area contributed by atoms with E-state index in [1.807, 2.05) is 0 Å². The molecule has 0 aromatic rings. The molecule has 0 heterocycles. The van der Waals surface area contributed by atoms with Gasteiger partial charge in [-0.25, -0.2) is 0 Å². The zero-order chi connectivity index (χ0) is 11.1. The first-order valence-corrected chi connectivity index (χ1v) is 6.68. The summed E-state index contributed by atoms with van der Waals surface area (Å²) in [6.07, 6.45) is 6.88. The molecule has 1 aliphatic rings. The fourth-order valence-corrected chi connectivity index (χ4v) is 2.18. The van der Waals surface area contributed by atoms with Crippen molar-refractivity contribution in [2.75, 3.05) is 26.7 Å². The van der Waals surface area contributed by atoms with Crippen molar-refractivity contribution in [3.05, 3.63) is 0 Å². The lowest BCUT2D eigenvalue weighted by molar-refractivity contribution is 0.303. The smallest absolute Gasteiger partial charge is 0.00647 e. The Kier molecular flexibility index (Phi) is 6.26. The molecule has 1 unspecified atom stereocenters. The molecule has 0 saturated heterocycles. The van der Waals surface area contributed by atoms with Gasteiger partial charge in [0.05, 0.1) is 0 Å². The lowest BCUT2D eigenvalue weighted by Gasteiger charge is -2.19. The van der Waals surface area contributed by atoms with E-state index in [0.717, 1.165) is 18.5 Å². The molecular weight excluding hydrogens is 184 g/mol. The van der Waals surface area contributed by atoms with Crippen LogP contribution in [0.15, 0.2) is 0 Å². The van der Waals surface area contributed by atoms with Gasteiger partial charge in [0.1, 0.15) is 0 Å². The highest BCUT2D eigenvalue weighted by Gasteiger charge is 2.22. The summed E-state index contributed by atoms with van der Waals surface area (Å²) in [5, 5.41) is 3.54. The van der Waals surface area contributed by atoms with Gasteiger partial charge < -0.3 is 10.2 Å². The number of hydrogen-bond acceptors (Lipinski definition) is 2. The predicted octanol–water partition coefficient (Wildman–Crippen LogP) is 2.50. The van der Waals surface area contributed by atoms with Crippen LogP contribution in [0.5, 0.6) is 0 Å². The normalized spacial score (nSPS) is 18.4. The van der Waals surface area contributed by atoms with Crippen molar-refractivity contribution in [2.24, 2.45) is 5.92 Å². The molecule has 1 saturated carbocycles. The molecule has 0 aromatic heterocycles. The van der Waals surface area contributed by atoms with Crippen LogP contribution in [0.3, 0.4) is 0 Å². The Morgan fingerprint density at radius 2 is 2.07 bits per heavy atom. The first-order valence-electron chi connectivity index (χ1n) is 6.68. The Morgan fingerprint density at radius 3 is 2.60 bits per heavy atom. The van der Waals surface area contributed by atoms with Gasteiger partial charge in [-0.05, 0) is 58.2 Å².